The van der Waals surface area contributed by atoms with Gasteiger partial charge in [-0.1, -0.05) is 0 Å². The fourth-order valence-electron chi connectivity index (χ4n) is 3.17. The number of carbonyl (C=O) groups excluding carboxylic acids is 1. The highest BCUT2D eigenvalue weighted by atomic mass is 19.1. The Hall–Kier alpha value is -2.38. The van der Waals surface area contributed by atoms with Crippen LogP contribution in [-0.2, 0) is 0 Å². The molecule has 3 heterocycles. The molecule has 6 nitrogen and oxygen atoms in total. The van der Waals surface area contributed by atoms with Crippen molar-refractivity contribution in [3.63, 3.8) is 0 Å². The van der Waals surface area contributed by atoms with Gasteiger partial charge in [0.05, 0.1) is 6.67 Å². The summed E-state index contributed by atoms with van der Waals surface area (Å²) in [6.45, 7) is -0.0726. The normalized spacial score (nSPS) is 23.7. The Bertz CT molecular complexity index is 760. The molecule has 0 spiro atoms. The minimum Gasteiger partial charge on any atom is -0.336 e. The van der Waals surface area contributed by atoms with Crippen LogP contribution in [0.5, 0.6) is 0 Å². The van der Waals surface area contributed by atoms with Crippen LogP contribution in [0, 0.1) is 11.7 Å². The van der Waals surface area contributed by atoms with Gasteiger partial charge >= 0.3 is 0 Å². The van der Waals surface area contributed by atoms with E-state index in [-0.39, 0.29) is 30.6 Å². The van der Waals surface area contributed by atoms with Gasteiger partial charge in [0.15, 0.2) is 17.3 Å². The Morgan fingerprint density at radius 1 is 1.38 bits per heavy atom. The number of likely N-dealkylation sites (tertiary alicyclic amines) is 1. The van der Waals surface area contributed by atoms with Crippen molar-refractivity contribution in [3.8, 4) is 0 Å². The number of aromatic nitrogens is 4. The van der Waals surface area contributed by atoms with Crippen molar-refractivity contribution in [1.82, 2.24) is 25.1 Å². The molecule has 126 valence electrons. The second-order valence-electron chi connectivity index (χ2n) is 6.42. The molecule has 4 rings (SSSR count). The number of hydrogen-bond donors (Lipinski definition) is 1. The number of aromatic amines is 1. The molecule has 1 N–H and O–H groups in total. The first kappa shape index (κ1) is 15.2. The Balaban J connectivity index is 1.54. The van der Waals surface area contributed by atoms with Crippen molar-refractivity contribution in [2.24, 2.45) is 5.92 Å². The van der Waals surface area contributed by atoms with E-state index in [9.17, 15) is 13.6 Å². The molecule has 1 saturated carbocycles. The zero-order valence-corrected chi connectivity index (χ0v) is 13.0. The summed E-state index contributed by atoms with van der Waals surface area (Å²) in [5.74, 6) is -0.0408. The number of hydrogen-bond acceptors (Lipinski definition) is 4. The van der Waals surface area contributed by atoms with E-state index in [1.165, 1.54) is 23.2 Å². The predicted molar refractivity (Wildman–Crippen MR) is 80.7 cm³/mol. The highest BCUT2D eigenvalue weighted by molar-refractivity contribution is 5.92. The third-order valence-corrected chi connectivity index (χ3v) is 4.70. The second kappa shape index (κ2) is 5.92. The lowest BCUT2D eigenvalue weighted by molar-refractivity contribution is 0.0773. The lowest BCUT2D eigenvalue weighted by atomic mass is 9.97. The van der Waals surface area contributed by atoms with Crippen molar-refractivity contribution >= 4 is 5.91 Å². The van der Waals surface area contributed by atoms with Crippen LogP contribution < -0.4 is 0 Å². The SMILES string of the molecule is O=C(c1ncccc1F)N1C[C@@H](CF)[C@H](c2nc(C3CC3)n[nH]2)C1. The standard InChI is InChI=1S/C16H17F2N5O/c17-6-10-7-23(16(24)13-12(18)2-1-5-19-13)8-11(10)15-20-14(21-22-15)9-3-4-9/h1-2,5,9-11H,3-4,6-8H2,(H,20,21,22)/t10-,11-/m1/s1. The third-order valence-electron chi connectivity index (χ3n) is 4.70. The minimum absolute atomic E-state index is 0.218. The molecule has 0 bridgehead atoms. The van der Waals surface area contributed by atoms with E-state index >= 15 is 0 Å². The second-order valence-corrected chi connectivity index (χ2v) is 6.42. The molecule has 24 heavy (non-hydrogen) atoms. The fraction of sp³-hybridized carbons (Fsp3) is 0.500. The zero-order valence-electron chi connectivity index (χ0n) is 13.0. The maximum atomic E-state index is 13.8. The van der Waals surface area contributed by atoms with Gasteiger partial charge in [-0.3, -0.25) is 14.3 Å². The molecule has 2 aliphatic rings. The Morgan fingerprint density at radius 3 is 2.92 bits per heavy atom. The van der Waals surface area contributed by atoms with Gasteiger partial charge in [0.1, 0.15) is 5.82 Å². The molecule has 8 heteroatoms. The summed E-state index contributed by atoms with van der Waals surface area (Å²) in [5.41, 5.74) is -0.230. The van der Waals surface area contributed by atoms with Crippen LogP contribution in [0.4, 0.5) is 8.78 Å². The number of rotatable bonds is 4. The molecule has 2 atom stereocenters. The number of nitrogens with zero attached hydrogens (tertiary/aromatic N) is 4. The molecule has 2 aromatic heterocycles. The summed E-state index contributed by atoms with van der Waals surface area (Å²) < 4.78 is 27.2. The molecule has 1 saturated heterocycles. The molecule has 0 unspecified atom stereocenters. The highest BCUT2D eigenvalue weighted by Gasteiger charge is 2.40. The number of amides is 1. The fourth-order valence-corrected chi connectivity index (χ4v) is 3.17. The molecule has 0 radical (unpaired) electrons. The molecule has 1 aliphatic carbocycles. The van der Waals surface area contributed by atoms with Crippen LogP contribution in [0.1, 0.15) is 46.8 Å². The number of carbonyl (C=O) groups is 1. The average molecular weight is 333 g/mol. The van der Waals surface area contributed by atoms with E-state index in [1.807, 2.05) is 0 Å². The number of nitrogens with one attached hydrogen (secondary N) is 1. The van der Waals surface area contributed by atoms with Crippen LogP contribution in [0.3, 0.4) is 0 Å². The number of pyridine rings is 1. The van der Waals surface area contributed by atoms with Gasteiger partial charge < -0.3 is 4.90 Å². The first-order chi connectivity index (χ1) is 11.7. The lowest BCUT2D eigenvalue weighted by Gasteiger charge is -2.15. The molecule has 1 amide bonds. The molecule has 2 fully saturated rings. The van der Waals surface area contributed by atoms with Crippen LogP contribution in [-0.4, -0.2) is 50.7 Å². The molecule has 2 aromatic rings. The Kier molecular flexibility index (Phi) is 3.74. The minimum atomic E-state index is -0.668. The van der Waals surface area contributed by atoms with Gasteiger partial charge in [-0.15, -0.1) is 0 Å². The molecule has 1 aliphatic heterocycles. The number of H-pyrrole nitrogens is 1. The first-order valence-corrected chi connectivity index (χ1v) is 8.05. The van der Waals surface area contributed by atoms with Crippen LogP contribution in [0.2, 0.25) is 0 Å². The molecular formula is C16H17F2N5O. The van der Waals surface area contributed by atoms with Crippen molar-refractivity contribution < 1.29 is 13.6 Å². The van der Waals surface area contributed by atoms with E-state index < -0.39 is 18.4 Å². The maximum Gasteiger partial charge on any atom is 0.275 e. The van der Waals surface area contributed by atoms with Crippen molar-refractivity contribution in [1.29, 1.82) is 0 Å². The summed E-state index contributed by atoms with van der Waals surface area (Å²) >= 11 is 0. The van der Waals surface area contributed by atoms with E-state index in [2.05, 4.69) is 20.2 Å². The topological polar surface area (TPSA) is 74.8 Å². The summed E-state index contributed by atoms with van der Waals surface area (Å²) in [7, 11) is 0. The van der Waals surface area contributed by atoms with Gasteiger partial charge in [-0.25, -0.2) is 14.4 Å². The number of halogens is 2. The summed E-state index contributed by atoms with van der Waals surface area (Å²) in [6, 6.07) is 2.62. The largest absolute Gasteiger partial charge is 0.336 e. The summed E-state index contributed by atoms with van der Waals surface area (Å²) in [4.78, 5) is 22.2. The van der Waals surface area contributed by atoms with Gasteiger partial charge in [0, 0.05) is 37.0 Å². The third kappa shape index (κ3) is 2.65. The zero-order chi connectivity index (χ0) is 16.7. The predicted octanol–water partition coefficient (Wildman–Crippen LogP) is 2.04. The van der Waals surface area contributed by atoms with Crippen molar-refractivity contribution in [3.05, 3.63) is 41.5 Å². The van der Waals surface area contributed by atoms with Crippen LogP contribution >= 0.6 is 0 Å². The van der Waals surface area contributed by atoms with Gasteiger partial charge in [0.2, 0.25) is 0 Å². The van der Waals surface area contributed by atoms with Crippen LogP contribution in [0.25, 0.3) is 0 Å². The van der Waals surface area contributed by atoms with Crippen molar-refractivity contribution in [2.75, 3.05) is 19.8 Å². The summed E-state index contributed by atoms with van der Waals surface area (Å²) in [6.07, 6.45) is 3.53. The van der Waals surface area contributed by atoms with Crippen molar-refractivity contribution in [2.45, 2.75) is 24.7 Å². The van der Waals surface area contributed by atoms with Gasteiger partial charge in [-0.05, 0) is 25.0 Å². The highest BCUT2D eigenvalue weighted by Crippen LogP contribution is 2.39. The van der Waals surface area contributed by atoms with Gasteiger partial charge in [-0.2, -0.15) is 5.10 Å². The van der Waals surface area contributed by atoms with E-state index in [0.717, 1.165) is 18.7 Å². The van der Waals surface area contributed by atoms with Crippen LogP contribution in [0.15, 0.2) is 18.3 Å². The van der Waals surface area contributed by atoms with E-state index in [4.69, 9.17) is 0 Å². The smallest absolute Gasteiger partial charge is 0.275 e. The number of alkyl halides is 1. The van der Waals surface area contributed by atoms with E-state index in [0.29, 0.717) is 11.7 Å². The quantitative estimate of drug-likeness (QED) is 0.929. The average Bonchev–Trinajstić information content (AvgIpc) is 3.17. The monoisotopic (exact) mass is 333 g/mol. The maximum absolute atomic E-state index is 13.8. The lowest BCUT2D eigenvalue weighted by Crippen LogP contribution is -2.30. The first-order valence-electron chi connectivity index (χ1n) is 8.05. The Morgan fingerprint density at radius 2 is 2.21 bits per heavy atom. The summed E-state index contributed by atoms with van der Waals surface area (Å²) in [5, 5.41) is 7.09. The molecule has 0 aromatic carbocycles. The van der Waals surface area contributed by atoms with Gasteiger partial charge in [0.25, 0.3) is 5.91 Å². The van der Waals surface area contributed by atoms with E-state index in [1.54, 1.807) is 0 Å². The Labute approximate surface area is 137 Å². The molecular weight excluding hydrogens is 316 g/mol.